The second-order valence-electron chi connectivity index (χ2n) is 6.38. The number of fused-ring (bicyclic) bond motifs is 1. The molecule has 10 nitrogen and oxygen atoms in total. The Labute approximate surface area is 170 Å². The number of H-pyrrole nitrogens is 1. The van der Waals surface area contributed by atoms with E-state index in [4.69, 9.17) is 9.47 Å². The van der Waals surface area contributed by atoms with Gasteiger partial charge in [0.05, 0.1) is 32.3 Å². The number of ether oxygens (including phenoxy) is 2. The minimum absolute atomic E-state index is 0.513. The van der Waals surface area contributed by atoms with Crippen molar-refractivity contribution in [3.8, 4) is 40.0 Å². The van der Waals surface area contributed by atoms with Gasteiger partial charge in [0, 0.05) is 17.2 Å². The number of rotatable bonds is 5. The van der Waals surface area contributed by atoms with Crippen LogP contribution in [-0.4, -0.2) is 54.6 Å². The fourth-order valence-corrected chi connectivity index (χ4v) is 3.20. The zero-order chi connectivity index (χ0) is 20.5. The van der Waals surface area contributed by atoms with Crippen LogP contribution >= 0.6 is 0 Å². The zero-order valence-corrected chi connectivity index (χ0v) is 16.1. The average Bonchev–Trinajstić information content (AvgIpc) is 3.48. The molecule has 0 unspecified atom stereocenters. The molecule has 0 spiro atoms. The predicted octanol–water partition coefficient (Wildman–Crippen LogP) is 2.68. The van der Waals surface area contributed by atoms with Gasteiger partial charge in [-0.05, 0) is 23.4 Å². The van der Waals surface area contributed by atoms with Crippen LogP contribution in [-0.2, 0) is 0 Å². The Hall–Kier alpha value is -4.34. The molecule has 0 saturated carbocycles. The third kappa shape index (κ3) is 3.00. The molecular weight excluding hydrogens is 384 g/mol. The van der Waals surface area contributed by atoms with E-state index < -0.39 is 0 Å². The number of methoxy groups -OCH3 is 2. The summed E-state index contributed by atoms with van der Waals surface area (Å²) >= 11 is 0. The van der Waals surface area contributed by atoms with Crippen molar-refractivity contribution in [2.75, 3.05) is 14.2 Å². The summed E-state index contributed by atoms with van der Waals surface area (Å²) in [6.45, 7) is 0. The van der Waals surface area contributed by atoms with Gasteiger partial charge in [-0.15, -0.1) is 10.2 Å². The SMILES string of the molecule is COc1ccc(-n2ncc3nc(-c4cccc(-c5nn[nH]n5)c4)ncc32)cc1OC. The van der Waals surface area contributed by atoms with Crippen molar-refractivity contribution in [3.05, 3.63) is 54.9 Å². The van der Waals surface area contributed by atoms with Crippen LogP contribution in [0.5, 0.6) is 11.5 Å². The van der Waals surface area contributed by atoms with Crippen molar-refractivity contribution in [2.24, 2.45) is 0 Å². The van der Waals surface area contributed by atoms with Gasteiger partial charge in [-0.3, -0.25) is 0 Å². The van der Waals surface area contributed by atoms with Crippen LogP contribution in [0.1, 0.15) is 0 Å². The van der Waals surface area contributed by atoms with Crippen LogP contribution in [0.3, 0.4) is 0 Å². The van der Waals surface area contributed by atoms with Gasteiger partial charge < -0.3 is 9.47 Å². The number of nitrogens with one attached hydrogen (secondary N) is 1. The third-order valence-electron chi connectivity index (χ3n) is 4.66. The lowest BCUT2D eigenvalue weighted by Gasteiger charge is -2.10. The molecule has 1 N–H and O–H groups in total. The predicted molar refractivity (Wildman–Crippen MR) is 108 cm³/mol. The lowest BCUT2D eigenvalue weighted by Crippen LogP contribution is -1.99. The fraction of sp³-hybridized carbons (Fsp3) is 0.100. The van der Waals surface area contributed by atoms with E-state index >= 15 is 0 Å². The number of tetrazole rings is 1. The van der Waals surface area contributed by atoms with Crippen LogP contribution in [0.4, 0.5) is 0 Å². The number of nitrogens with zero attached hydrogens (tertiary/aromatic N) is 7. The second-order valence-corrected chi connectivity index (χ2v) is 6.38. The first kappa shape index (κ1) is 17.7. The van der Waals surface area contributed by atoms with Gasteiger partial charge in [0.25, 0.3) is 0 Å². The van der Waals surface area contributed by atoms with Gasteiger partial charge in [-0.25, -0.2) is 14.6 Å². The van der Waals surface area contributed by atoms with E-state index in [1.807, 2.05) is 42.5 Å². The van der Waals surface area contributed by atoms with Crippen LogP contribution < -0.4 is 9.47 Å². The summed E-state index contributed by atoms with van der Waals surface area (Å²) in [4.78, 5) is 9.22. The smallest absolute Gasteiger partial charge is 0.204 e. The topological polar surface area (TPSA) is 117 Å². The Bertz CT molecular complexity index is 1330. The molecule has 0 aliphatic carbocycles. The minimum atomic E-state index is 0.513. The Morgan fingerprint density at radius 3 is 2.50 bits per heavy atom. The maximum atomic E-state index is 5.39. The number of hydrogen-bond acceptors (Lipinski definition) is 8. The molecular formula is C20H16N8O2. The van der Waals surface area contributed by atoms with E-state index in [0.29, 0.717) is 23.1 Å². The summed E-state index contributed by atoms with van der Waals surface area (Å²) in [5, 5.41) is 18.6. The summed E-state index contributed by atoms with van der Waals surface area (Å²) in [7, 11) is 3.20. The molecule has 0 aliphatic heterocycles. The summed E-state index contributed by atoms with van der Waals surface area (Å²) in [5.41, 5.74) is 3.99. The maximum Gasteiger partial charge on any atom is 0.204 e. The molecule has 0 fully saturated rings. The highest BCUT2D eigenvalue weighted by atomic mass is 16.5. The average molecular weight is 400 g/mol. The zero-order valence-electron chi connectivity index (χ0n) is 16.1. The summed E-state index contributed by atoms with van der Waals surface area (Å²) in [6.07, 6.45) is 3.46. The van der Waals surface area contributed by atoms with Gasteiger partial charge >= 0.3 is 0 Å². The number of hydrogen-bond donors (Lipinski definition) is 1. The Balaban J connectivity index is 1.54. The second kappa shape index (κ2) is 7.24. The van der Waals surface area contributed by atoms with E-state index in [1.165, 1.54) is 0 Å². The van der Waals surface area contributed by atoms with Gasteiger partial charge in [-0.2, -0.15) is 10.3 Å². The van der Waals surface area contributed by atoms with Crippen molar-refractivity contribution in [1.82, 2.24) is 40.4 Å². The molecule has 148 valence electrons. The highest BCUT2D eigenvalue weighted by Gasteiger charge is 2.13. The van der Waals surface area contributed by atoms with Crippen molar-refractivity contribution in [3.63, 3.8) is 0 Å². The molecule has 0 aliphatic rings. The highest BCUT2D eigenvalue weighted by Crippen LogP contribution is 2.30. The van der Waals surface area contributed by atoms with E-state index in [1.54, 1.807) is 31.3 Å². The maximum absolute atomic E-state index is 5.39. The van der Waals surface area contributed by atoms with Crippen molar-refractivity contribution in [1.29, 1.82) is 0 Å². The molecule has 0 bridgehead atoms. The Kier molecular flexibility index (Phi) is 4.28. The fourth-order valence-electron chi connectivity index (χ4n) is 3.20. The molecule has 30 heavy (non-hydrogen) atoms. The normalized spacial score (nSPS) is 11.0. The van der Waals surface area contributed by atoms with Gasteiger partial charge in [-0.1, -0.05) is 18.2 Å². The lowest BCUT2D eigenvalue weighted by atomic mass is 10.1. The first-order chi connectivity index (χ1) is 14.8. The summed E-state index contributed by atoms with van der Waals surface area (Å²) < 4.78 is 12.5. The number of aromatic nitrogens is 8. The van der Waals surface area contributed by atoms with Gasteiger partial charge in [0.15, 0.2) is 17.3 Å². The van der Waals surface area contributed by atoms with Crippen LogP contribution in [0, 0.1) is 0 Å². The standard InChI is InChI=1S/C20H16N8O2/c1-29-17-7-6-14(9-18(17)30-2)28-16-11-21-19(23-15(16)10-22-28)12-4-3-5-13(8-12)20-24-26-27-25-20/h3-11H,1-2H3,(H,24,25,26,27). The summed E-state index contributed by atoms with van der Waals surface area (Å²) in [5.74, 6) is 2.37. The van der Waals surface area contributed by atoms with Gasteiger partial charge in [0.2, 0.25) is 5.82 Å². The molecule has 2 aromatic carbocycles. The number of aromatic amines is 1. The minimum Gasteiger partial charge on any atom is -0.493 e. The van der Waals surface area contributed by atoms with E-state index in [0.717, 1.165) is 27.8 Å². The first-order valence-corrected chi connectivity index (χ1v) is 9.04. The molecule has 10 heteroatoms. The van der Waals surface area contributed by atoms with Crippen molar-refractivity contribution in [2.45, 2.75) is 0 Å². The quantitative estimate of drug-likeness (QED) is 0.479. The van der Waals surface area contributed by atoms with Gasteiger partial charge in [0.1, 0.15) is 11.0 Å². The molecule has 0 radical (unpaired) electrons. The molecule has 0 saturated heterocycles. The largest absolute Gasteiger partial charge is 0.493 e. The molecule has 3 heterocycles. The third-order valence-corrected chi connectivity index (χ3v) is 4.66. The van der Waals surface area contributed by atoms with Crippen LogP contribution in [0.15, 0.2) is 54.9 Å². The molecule has 5 aromatic rings. The van der Waals surface area contributed by atoms with Crippen LogP contribution in [0.25, 0.3) is 39.5 Å². The first-order valence-electron chi connectivity index (χ1n) is 9.04. The lowest BCUT2D eigenvalue weighted by molar-refractivity contribution is 0.355. The molecule has 3 aromatic heterocycles. The Morgan fingerprint density at radius 1 is 0.900 bits per heavy atom. The monoisotopic (exact) mass is 400 g/mol. The molecule has 5 rings (SSSR count). The van der Waals surface area contributed by atoms with Crippen molar-refractivity contribution < 1.29 is 9.47 Å². The van der Waals surface area contributed by atoms with Crippen molar-refractivity contribution >= 4 is 11.0 Å². The highest BCUT2D eigenvalue weighted by molar-refractivity contribution is 5.78. The molecule has 0 atom stereocenters. The summed E-state index contributed by atoms with van der Waals surface area (Å²) in [6, 6.07) is 13.3. The number of benzene rings is 2. The van der Waals surface area contributed by atoms with E-state index in [-0.39, 0.29) is 0 Å². The Morgan fingerprint density at radius 2 is 1.73 bits per heavy atom. The molecule has 0 amide bonds. The van der Waals surface area contributed by atoms with E-state index in [2.05, 4.69) is 35.7 Å². The van der Waals surface area contributed by atoms with Crippen LogP contribution in [0.2, 0.25) is 0 Å². The van der Waals surface area contributed by atoms with E-state index in [9.17, 15) is 0 Å².